The fourth-order valence-corrected chi connectivity index (χ4v) is 6.20. The van der Waals surface area contributed by atoms with Crippen LogP contribution >= 0.6 is 0 Å². The van der Waals surface area contributed by atoms with Crippen LogP contribution in [0.2, 0.25) is 0 Å². The van der Waals surface area contributed by atoms with Crippen molar-refractivity contribution in [1.82, 2.24) is 14.7 Å². The lowest BCUT2D eigenvalue weighted by molar-refractivity contribution is -0.136. The van der Waals surface area contributed by atoms with E-state index in [1.165, 1.54) is 11.1 Å². The molecule has 0 aromatic heterocycles. The van der Waals surface area contributed by atoms with E-state index in [2.05, 4.69) is 40.5 Å². The monoisotopic (exact) mass is 452 g/mol. The maximum Gasteiger partial charge on any atom is 0.285 e. The summed E-state index contributed by atoms with van der Waals surface area (Å²) >= 11 is 0. The Morgan fingerprint density at radius 2 is 1.81 bits per heavy atom. The maximum atomic E-state index is 13.4. The first-order valence-electron chi connectivity index (χ1n) is 11.2. The van der Waals surface area contributed by atoms with E-state index in [1.54, 1.807) is 18.2 Å². The highest BCUT2D eigenvalue weighted by atomic mass is 32.2. The molecule has 32 heavy (non-hydrogen) atoms. The zero-order chi connectivity index (χ0) is 22.3. The summed E-state index contributed by atoms with van der Waals surface area (Å²) in [5.41, 5.74) is 3.16. The van der Waals surface area contributed by atoms with Gasteiger partial charge in [-0.2, -0.15) is 8.42 Å². The average molecular weight is 453 g/mol. The Bertz CT molecular complexity index is 1170. The lowest BCUT2D eigenvalue weighted by Crippen LogP contribution is -2.54. The number of likely N-dealkylation sites (tertiary alicyclic amines) is 1. The molecule has 5 rings (SSSR count). The van der Waals surface area contributed by atoms with E-state index in [9.17, 15) is 13.2 Å². The Labute approximate surface area is 189 Å². The van der Waals surface area contributed by atoms with Gasteiger partial charge in [-0.05, 0) is 37.5 Å². The Balaban J connectivity index is 1.26. The Hall–Kier alpha value is -2.71. The van der Waals surface area contributed by atoms with E-state index in [-0.39, 0.29) is 16.8 Å². The van der Waals surface area contributed by atoms with Crippen molar-refractivity contribution >= 4 is 21.8 Å². The van der Waals surface area contributed by atoms with Crippen LogP contribution in [0, 0.1) is 6.92 Å². The van der Waals surface area contributed by atoms with E-state index in [0.717, 1.165) is 32.5 Å². The molecule has 0 unspecified atom stereocenters. The van der Waals surface area contributed by atoms with Gasteiger partial charge in [-0.25, -0.2) is 0 Å². The van der Waals surface area contributed by atoms with Crippen LogP contribution in [0.25, 0.3) is 0 Å². The fourth-order valence-electron chi connectivity index (χ4n) is 4.98. The van der Waals surface area contributed by atoms with Crippen LogP contribution in [0.3, 0.4) is 0 Å². The second kappa shape index (κ2) is 8.33. The third-order valence-corrected chi connectivity index (χ3v) is 7.92. The summed E-state index contributed by atoms with van der Waals surface area (Å²) < 4.78 is 29.0. The van der Waals surface area contributed by atoms with E-state index < -0.39 is 10.0 Å². The Morgan fingerprint density at radius 1 is 1.03 bits per heavy atom. The zero-order valence-corrected chi connectivity index (χ0v) is 19.1. The minimum Gasteiger partial charge on any atom is -0.343 e. The molecule has 0 aliphatic carbocycles. The number of amidine groups is 1. The van der Waals surface area contributed by atoms with Crippen molar-refractivity contribution in [3.63, 3.8) is 0 Å². The maximum absolute atomic E-state index is 13.4. The molecular formula is C24H28N4O3S. The van der Waals surface area contributed by atoms with Gasteiger partial charge in [0.05, 0.1) is 0 Å². The van der Waals surface area contributed by atoms with Crippen molar-refractivity contribution in [3.8, 4) is 0 Å². The van der Waals surface area contributed by atoms with Gasteiger partial charge in [0.15, 0.2) is 5.84 Å². The normalized spacial score (nSPS) is 22.7. The van der Waals surface area contributed by atoms with Gasteiger partial charge in [0, 0.05) is 44.8 Å². The van der Waals surface area contributed by atoms with E-state index in [0.29, 0.717) is 31.0 Å². The SMILES string of the molecule is Cc1cccc(CN2CCN(C(=O)[C@@H]3CCCN3C3=NS(=O)(=O)c4ccccc43)CC2)c1. The van der Waals surface area contributed by atoms with Gasteiger partial charge < -0.3 is 9.80 Å². The second-order valence-corrected chi connectivity index (χ2v) is 10.4. The van der Waals surface area contributed by atoms with Crippen molar-refractivity contribution in [2.75, 3.05) is 32.7 Å². The average Bonchev–Trinajstić information content (AvgIpc) is 3.37. The fraction of sp³-hybridized carbons (Fsp3) is 0.417. The Kier molecular flexibility index (Phi) is 5.51. The summed E-state index contributed by atoms with van der Waals surface area (Å²) in [6.45, 7) is 6.70. The van der Waals surface area contributed by atoms with E-state index >= 15 is 0 Å². The highest BCUT2D eigenvalue weighted by Gasteiger charge is 2.40. The molecule has 1 atom stereocenters. The van der Waals surface area contributed by atoms with Crippen LogP contribution in [0.15, 0.2) is 57.8 Å². The number of piperazine rings is 1. The summed E-state index contributed by atoms with van der Waals surface area (Å²) in [5.74, 6) is 0.511. The van der Waals surface area contributed by atoms with Gasteiger partial charge in [-0.1, -0.05) is 42.0 Å². The molecule has 0 saturated carbocycles. The minimum absolute atomic E-state index is 0.0854. The number of amides is 1. The Morgan fingerprint density at radius 3 is 2.59 bits per heavy atom. The van der Waals surface area contributed by atoms with Crippen molar-refractivity contribution in [2.24, 2.45) is 4.40 Å². The molecule has 2 aromatic carbocycles. The molecule has 3 aliphatic heterocycles. The number of sulfonamides is 1. The van der Waals surface area contributed by atoms with Gasteiger partial charge in [0.1, 0.15) is 10.9 Å². The molecule has 0 spiro atoms. The van der Waals surface area contributed by atoms with Crippen LogP contribution in [0.4, 0.5) is 0 Å². The van der Waals surface area contributed by atoms with Crippen LogP contribution in [-0.4, -0.2) is 73.6 Å². The van der Waals surface area contributed by atoms with Crippen LogP contribution in [-0.2, 0) is 21.4 Å². The molecule has 8 heteroatoms. The molecule has 7 nitrogen and oxygen atoms in total. The van der Waals surface area contributed by atoms with Gasteiger partial charge in [0.2, 0.25) is 5.91 Å². The van der Waals surface area contributed by atoms with E-state index in [1.807, 2.05) is 15.9 Å². The summed E-state index contributed by atoms with van der Waals surface area (Å²) in [4.78, 5) is 19.9. The number of carbonyl (C=O) groups is 1. The minimum atomic E-state index is -3.69. The second-order valence-electron chi connectivity index (χ2n) is 8.83. The molecule has 2 saturated heterocycles. The highest BCUT2D eigenvalue weighted by Crippen LogP contribution is 2.31. The third-order valence-electron chi connectivity index (χ3n) is 6.60. The molecule has 0 radical (unpaired) electrons. The van der Waals surface area contributed by atoms with Crippen LogP contribution in [0.1, 0.15) is 29.5 Å². The quantitative estimate of drug-likeness (QED) is 0.714. The predicted molar refractivity (Wildman–Crippen MR) is 123 cm³/mol. The number of carbonyl (C=O) groups excluding carboxylic acids is 1. The van der Waals surface area contributed by atoms with Crippen molar-refractivity contribution < 1.29 is 13.2 Å². The lowest BCUT2D eigenvalue weighted by Gasteiger charge is -2.37. The van der Waals surface area contributed by atoms with E-state index in [4.69, 9.17) is 0 Å². The smallest absolute Gasteiger partial charge is 0.285 e. The molecule has 3 heterocycles. The lowest BCUT2D eigenvalue weighted by atomic mass is 10.1. The van der Waals surface area contributed by atoms with Crippen LogP contribution < -0.4 is 0 Å². The molecule has 168 valence electrons. The standard InChI is InChI=1S/C24H28N4O3S/c1-18-6-4-7-19(16-18)17-26-12-14-27(15-13-26)24(29)21-9-5-11-28(21)23-20-8-2-3-10-22(20)32(30,31)25-23/h2-4,6-8,10,16,21H,5,9,11-15,17H2,1H3/t21-/m0/s1. The number of nitrogens with zero attached hydrogens (tertiary/aromatic N) is 4. The van der Waals surface area contributed by atoms with Gasteiger partial charge in [-0.3, -0.25) is 9.69 Å². The first-order chi connectivity index (χ1) is 15.4. The molecule has 2 aromatic rings. The predicted octanol–water partition coefficient (Wildman–Crippen LogP) is 2.25. The number of aryl methyl sites for hydroxylation is 1. The van der Waals surface area contributed by atoms with Crippen molar-refractivity contribution in [2.45, 2.75) is 37.2 Å². The first kappa shape index (κ1) is 21.2. The number of hydrogen-bond donors (Lipinski definition) is 0. The summed E-state index contributed by atoms with van der Waals surface area (Å²) in [7, 11) is -3.69. The molecule has 0 N–H and O–H groups in total. The topological polar surface area (TPSA) is 73.3 Å². The largest absolute Gasteiger partial charge is 0.343 e. The highest BCUT2D eigenvalue weighted by molar-refractivity contribution is 7.90. The molecule has 0 bridgehead atoms. The summed E-state index contributed by atoms with van der Waals surface area (Å²) in [6.07, 6.45) is 1.58. The number of rotatable bonds is 3. The number of benzene rings is 2. The third kappa shape index (κ3) is 3.93. The zero-order valence-electron chi connectivity index (χ0n) is 18.3. The molecule has 2 fully saturated rings. The van der Waals surface area contributed by atoms with Crippen molar-refractivity contribution in [1.29, 1.82) is 0 Å². The number of fused-ring (bicyclic) bond motifs is 1. The molecule has 3 aliphatic rings. The molecular weight excluding hydrogens is 424 g/mol. The van der Waals surface area contributed by atoms with Gasteiger partial charge in [-0.15, -0.1) is 4.40 Å². The number of hydrogen-bond acceptors (Lipinski definition) is 5. The van der Waals surface area contributed by atoms with Gasteiger partial charge in [0.25, 0.3) is 10.0 Å². The summed E-state index contributed by atoms with van der Waals surface area (Å²) in [5, 5.41) is 0. The summed E-state index contributed by atoms with van der Waals surface area (Å²) in [6, 6.07) is 15.1. The molecule has 1 amide bonds. The first-order valence-corrected chi connectivity index (χ1v) is 12.6. The van der Waals surface area contributed by atoms with Gasteiger partial charge >= 0.3 is 0 Å². The van der Waals surface area contributed by atoms with Crippen LogP contribution in [0.5, 0.6) is 0 Å². The van der Waals surface area contributed by atoms with Crippen molar-refractivity contribution in [3.05, 3.63) is 65.2 Å².